The molecule has 0 N–H and O–H groups in total. The maximum atomic E-state index is 10.9. The van der Waals surface area contributed by atoms with Crippen LogP contribution in [-0.4, -0.2) is 29.1 Å². The Kier molecular flexibility index (Phi) is 1.74. The third-order valence-corrected chi connectivity index (χ3v) is 1.58. The molecule has 0 radical (unpaired) electrons. The summed E-state index contributed by atoms with van der Waals surface area (Å²) < 4.78 is 0. The maximum Gasteiger partial charge on any atom is 0.199 e. The highest BCUT2D eigenvalue weighted by Gasteiger charge is 2.21. The topological polar surface area (TPSA) is 32.7 Å². The Labute approximate surface area is 60.7 Å². The van der Waals surface area contributed by atoms with Gasteiger partial charge in [0.15, 0.2) is 5.78 Å². The lowest BCUT2D eigenvalue weighted by Gasteiger charge is -2.16. The highest BCUT2D eigenvalue weighted by Crippen LogP contribution is 2.06. The van der Waals surface area contributed by atoms with Gasteiger partial charge in [0.05, 0.1) is 0 Å². The van der Waals surface area contributed by atoms with Gasteiger partial charge >= 0.3 is 0 Å². The number of carbonyl (C=O) groups is 1. The van der Waals surface area contributed by atoms with Crippen molar-refractivity contribution in [1.82, 2.24) is 5.01 Å². The van der Waals surface area contributed by atoms with Crippen LogP contribution in [0.2, 0.25) is 0 Å². The van der Waals surface area contributed by atoms with Crippen molar-refractivity contribution >= 4 is 11.5 Å². The van der Waals surface area contributed by atoms with E-state index in [0.717, 1.165) is 0 Å². The molecule has 10 heavy (non-hydrogen) atoms. The quantitative estimate of drug-likeness (QED) is 0.536. The Bertz CT molecular complexity index is 184. The van der Waals surface area contributed by atoms with Crippen LogP contribution in [0.25, 0.3) is 0 Å². The number of rotatable bonds is 1. The smallest absolute Gasteiger partial charge is 0.199 e. The summed E-state index contributed by atoms with van der Waals surface area (Å²) in [6.45, 7) is 6.26. The monoisotopic (exact) mass is 140 g/mol. The molecule has 0 atom stereocenters. The Morgan fingerprint density at radius 2 is 2.20 bits per heavy atom. The summed E-state index contributed by atoms with van der Waals surface area (Å²) in [6, 6.07) is 0.335. The molecule has 3 nitrogen and oxygen atoms in total. The molecule has 56 valence electrons. The van der Waals surface area contributed by atoms with Crippen LogP contribution in [0.5, 0.6) is 0 Å². The number of hydrogen-bond donors (Lipinski definition) is 0. The minimum absolute atomic E-state index is 0.147. The molecule has 0 saturated heterocycles. The number of carbonyl (C=O) groups excluding carboxylic acids is 1. The second-order valence-electron chi connectivity index (χ2n) is 2.80. The molecule has 0 spiro atoms. The summed E-state index contributed by atoms with van der Waals surface area (Å²) in [7, 11) is 0. The molecule has 1 heterocycles. The highest BCUT2D eigenvalue weighted by atomic mass is 16.1. The molecular formula is C7H12N2O. The predicted octanol–water partition coefficient (Wildman–Crippen LogP) is 0.655. The molecular weight excluding hydrogens is 128 g/mol. The van der Waals surface area contributed by atoms with Crippen LogP contribution in [0.15, 0.2) is 5.10 Å². The van der Waals surface area contributed by atoms with Crippen molar-refractivity contribution in [3.05, 3.63) is 0 Å². The zero-order valence-corrected chi connectivity index (χ0v) is 6.59. The Hall–Kier alpha value is -0.860. The largest absolute Gasteiger partial charge is 0.291 e. The van der Waals surface area contributed by atoms with Crippen LogP contribution < -0.4 is 0 Å². The molecule has 1 aliphatic rings. The average molecular weight is 140 g/mol. The van der Waals surface area contributed by atoms with Gasteiger partial charge in [-0.3, -0.25) is 9.80 Å². The third kappa shape index (κ3) is 1.17. The lowest BCUT2D eigenvalue weighted by Crippen LogP contribution is -2.25. The zero-order chi connectivity index (χ0) is 7.72. The van der Waals surface area contributed by atoms with E-state index in [1.54, 1.807) is 11.9 Å². The SMILES string of the molecule is CC1=NN(C(C)C)CC1=O. The molecule has 0 amide bonds. The lowest BCUT2D eigenvalue weighted by atomic mass is 10.3. The second-order valence-corrected chi connectivity index (χ2v) is 2.80. The molecule has 0 fully saturated rings. The van der Waals surface area contributed by atoms with Crippen LogP contribution in [0, 0.1) is 0 Å². The molecule has 0 unspecified atom stereocenters. The van der Waals surface area contributed by atoms with Crippen molar-refractivity contribution in [3.63, 3.8) is 0 Å². The van der Waals surface area contributed by atoms with Crippen LogP contribution in [0.4, 0.5) is 0 Å². The van der Waals surface area contributed by atoms with Gasteiger partial charge in [-0.15, -0.1) is 0 Å². The Morgan fingerprint density at radius 1 is 1.60 bits per heavy atom. The predicted molar refractivity (Wildman–Crippen MR) is 40.0 cm³/mol. The van der Waals surface area contributed by atoms with Crippen LogP contribution in [-0.2, 0) is 4.79 Å². The molecule has 0 aromatic carbocycles. The molecule has 0 aromatic rings. The first-order valence-corrected chi connectivity index (χ1v) is 3.46. The molecule has 1 rings (SSSR count). The van der Waals surface area contributed by atoms with E-state index in [1.807, 2.05) is 13.8 Å². The van der Waals surface area contributed by atoms with E-state index in [9.17, 15) is 4.79 Å². The minimum atomic E-state index is 0.147. The van der Waals surface area contributed by atoms with Gasteiger partial charge in [-0.25, -0.2) is 0 Å². The van der Waals surface area contributed by atoms with Gasteiger partial charge in [0, 0.05) is 6.04 Å². The van der Waals surface area contributed by atoms with E-state index in [2.05, 4.69) is 5.10 Å². The van der Waals surface area contributed by atoms with Crippen molar-refractivity contribution in [1.29, 1.82) is 0 Å². The van der Waals surface area contributed by atoms with Crippen molar-refractivity contribution in [2.45, 2.75) is 26.8 Å². The van der Waals surface area contributed by atoms with E-state index in [0.29, 0.717) is 18.3 Å². The normalized spacial score (nSPS) is 18.6. The zero-order valence-electron chi connectivity index (χ0n) is 6.59. The molecule has 0 bridgehead atoms. The number of hydrogen-bond acceptors (Lipinski definition) is 3. The Morgan fingerprint density at radius 3 is 2.40 bits per heavy atom. The van der Waals surface area contributed by atoms with Crippen LogP contribution in [0.3, 0.4) is 0 Å². The first kappa shape index (κ1) is 7.25. The van der Waals surface area contributed by atoms with Crippen molar-refractivity contribution in [3.8, 4) is 0 Å². The van der Waals surface area contributed by atoms with Gasteiger partial charge in [-0.2, -0.15) is 5.10 Å². The van der Waals surface area contributed by atoms with E-state index in [1.165, 1.54) is 0 Å². The van der Waals surface area contributed by atoms with E-state index >= 15 is 0 Å². The first-order valence-electron chi connectivity index (χ1n) is 3.46. The summed E-state index contributed by atoms with van der Waals surface area (Å²) in [5.74, 6) is 0.147. The van der Waals surface area contributed by atoms with Gasteiger partial charge in [0.1, 0.15) is 12.3 Å². The fourth-order valence-electron chi connectivity index (χ4n) is 0.843. The van der Waals surface area contributed by atoms with Gasteiger partial charge in [-0.05, 0) is 20.8 Å². The summed E-state index contributed by atoms with van der Waals surface area (Å²) >= 11 is 0. The van der Waals surface area contributed by atoms with E-state index in [-0.39, 0.29) is 5.78 Å². The molecule has 0 aromatic heterocycles. The Balaban J connectivity index is 2.65. The molecule has 3 heteroatoms. The van der Waals surface area contributed by atoms with Gasteiger partial charge in [0.2, 0.25) is 0 Å². The fourth-order valence-corrected chi connectivity index (χ4v) is 0.843. The number of Topliss-reactive ketones (excluding diaryl/α,β-unsaturated/α-hetero) is 1. The highest BCUT2D eigenvalue weighted by molar-refractivity contribution is 6.40. The average Bonchev–Trinajstić information content (AvgIpc) is 2.13. The fraction of sp³-hybridized carbons (Fsp3) is 0.714. The minimum Gasteiger partial charge on any atom is -0.291 e. The molecule has 1 aliphatic heterocycles. The summed E-state index contributed by atoms with van der Waals surface area (Å²) in [6.07, 6.45) is 0. The van der Waals surface area contributed by atoms with E-state index < -0.39 is 0 Å². The summed E-state index contributed by atoms with van der Waals surface area (Å²) in [4.78, 5) is 10.9. The standard InChI is InChI=1S/C7H12N2O/c1-5(2)9-4-7(10)6(3)8-9/h5H,4H2,1-3H3. The number of hydrazone groups is 1. The van der Waals surface area contributed by atoms with Crippen molar-refractivity contribution in [2.75, 3.05) is 6.54 Å². The van der Waals surface area contributed by atoms with Gasteiger partial charge in [-0.1, -0.05) is 0 Å². The summed E-state index contributed by atoms with van der Waals surface area (Å²) in [5, 5.41) is 5.87. The maximum absolute atomic E-state index is 10.9. The van der Waals surface area contributed by atoms with Crippen LogP contribution >= 0.6 is 0 Å². The second kappa shape index (κ2) is 2.40. The number of nitrogens with zero attached hydrogens (tertiary/aromatic N) is 2. The lowest BCUT2D eigenvalue weighted by molar-refractivity contribution is -0.113. The van der Waals surface area contributed by atoms with Crippen molar-refractivity contribution < 1.29 is 4.79 Å². The molecule has 0 saturated carbocycles. The molecule has 0 aliphatic carbocycles. The van der Waals surface area contributed by atoms with Crippen LogP contribution in [0.1, 0.15) is 20.8 Å². The van der Waals surface area contributed by atoms with Gasteiger partial charge in [0.25, 0.3) is 0 Å². The number of ketones is 1. The van der Waals surface area contributed by atoms with E-state index in [4.69, 9.17) is 0 Å². The van der Waals surface area contributed by atoms with Crippen molar-refractivity contribution in [2.24, 2.45) is 5.10 Å². The summed E-state index contributed by atoms with van der Waals surface area (Å²) in [5.41, 5.74) is 0.633. The van der Waals surface area contributed by atoms with Gasteiger partial charge < -0.3 is 0 Å². The third-order valence-electron chi connectivity index (χ3n) is 1.58. The first-order chi connectivity index (χ1) is 4.61.